The third-order valence-corrected chi connectivity index (χ3v) is 8.15. The van der Waals surface area contributed by atoms with E-state index >= 15 is 0 Å². The maximum Gasteiger partial charge on any atom is 0.272 e. The minimum Gasteiger partial charge on any atom is -0.295 e. The van der Waals surface area contributed by atoms with Crippen molar-refractivity contribution in [3.63, 3.8) is 0 Å². The summed E-state index contributed by atoms with van der Waals surface area (Å²) < 4.78 is 2.91. The zero-order chi connectivity index (χ0) is 23.2. The highest BCUT2D eigenvalue weighted by Crippen LogP contribution is 2.35. The first-order valence-electron chi connectivity index (χ1n) is 10.9. The van der Waals surface area contributed by atoms with Crippen LogP contribution in [0.5, 0.6) is 0 Å². The minimum absolute atomic E-state index is 0.0565. The van der Waals surface area contributed by atoms with Gasteiger partial charge in [-0.2, -0.15) is 5.26 Å². The number of aromatic amines is 1. The van der Waals surface area contributed by atoms with Gasteiger partial charge in [-0.05, 0) is 43.4 Å². The smallest absolute Gasteiger partial charge is 0.272 e. The third-order valence-electron chi connectivity index (χ3n) is 5.99. The zero-order valence-corrected chi connectivity index (χ0v) is 19.6. The van der Waals surface area contributed by atoms with Gasteiger partial charge in [0, 0.05) is 22.9 Å². The molecule has 6 rings (SSSR count). The predicted molar refractivity (Wildman–Crippen MR) is 132 cm³/mol. The molecule has 34 heavy (non-hydrogen) atoms. The molecule has 0 unspecified atom stereocenters. The maximum atomic E-state index is 13.8. The Kier molecular flexibility index (Phi) is 5.08. The summed E-state index contributed by atoms with van der Waals surface area (Å²) in [6.07, 6.45) is 5.60. The molecule has 1 aliphatic carbocycles. The van der Waals surface area contributed by atoms with Crippen molar-refractivity contribution in [1.82, 2.24) is 24.1 Å². The minimum atomic E-state index is -0.295. The second-order valence-corrected chi connectivity index (χ2v) is 10.1. The van der Waals surface area contributed by atoms with Gasteiger partial charge >= 0.3 is 0 Å². The molecule has 0 amide bonds. The average Bonchev–Trinajstić information content (AvgIpc) is 3.44. The number of aryl methyl sites for hydroxylation is 2. The van der Waals surface area contributed by atoms with Crippen LogP contribution in [0.4, 0.5) is 0 Å². The number of H-pyrrole nitrogens is 1. The molecule has 1 aliphatic rings. The van der Waals surface area contributed by atoms with Crippen molar-refractivity contribution in [2.24, 2.45) is 0 Å². The highest BCUT2D eigenvalue weighted by molar-refractivity contribution is 7.98. The van der Waals surface area contributed by atoms with Gasteiger partial charge in [0.1, 0.15) is 16.5 Å². The van der Waals surface area contributed by atoms with Gasteiger partial charge in [-0.1, -0.05) is 30.0 Å². The summed E-state index contributed by atoms with van der Waals surface area (Å²) in [6, 6.07) is 13.0. The molecule has 10 heteroatoms. The van der Waals surface area contributed by atoms with Gasteiger partial charge in [-0.25, -0.2) is 14.5 Å². The number of fused-ring (bicyclic) bond motifs is 4. The van der Waals surface area contributed by atoms with E-state index < -0.39 is 0 Å². The Balaban J connectivity index is 1.48. The molecular formula is C24H18N6O2S2. The Morgan fingerprint density at radius 3 is 2.79 bits per heavy atom. The second-order valence-electron chi connectivity index (χ2n) is 8.09. The van der Waals surface area contributed by atoms with Crippen LogP contribution in [0.25, 0.3) is 21.6 Å². The second kappa shape index (κ2) is 8.27. The number of thiophene rings is 1. The Morgan fingerprint density at radius 2 is 1.97 bits per heavy atom. The van der Waals surface area contributed by atoms with Crippen molar-refractivity contribution >= 4 is 39.0 Å². The van der Waals surface area contributed by atoms with Crippen LogP contribution in [-0.2, 0) is 18.6 Å². The quantitative estimate of drug-likeness (QED) is 0.306. The van der Waals surface area contributed by atoms with Gasteiger partial charge < -0.3 is 0 Å². The first kappa shape index (κ1) is 20.9. The van der Waals surface area contributed by atoms with E-state index in [9.17, 15) is 14.9 Å². The molecule has 0 saturated heterocycles. The van der Waals surface area contributed by atoms with Crippen molar-refractivity contribution in [3.8, 4) is 11.8 Å². The van der Waals surface area contributed by atoms with E-state index in [0.29, 0.717) is 27.8 Å². The van der Waals surface area contributed by atoms with Gasteiger partial charge in [-0.15, -0.1) is 11.3 Å². The van der Waals surface area contributed by atoms with Crippen LogP contribution in [0.2, 0.25) is 0 Å². The first-order chi connectivity index (χ1) is 16.6. The molecule has 1 aromatic carbocycles. The largest absolute Gasteiger partial charge is 0.295 e. The predicted octanol–water partition coefficient (Wildman–Crippen LogP) is 3.83. The van der Waals surface area contributed by atoms with Crippen LogP contribution in [0.15, 0.2) is 57.3 Å². The molecule has 0 aliphatic heterocycles. The van der Waals surface area contributed by atoms with Gasteiger partial charge in [-0.3, -0.25) is 19.3 Å². The molecule has 4 heterocycles. The standard InChI is InChI=1S/C24H18N6O2S2/c25-11-14-12-26-30-19(31)10-15(27-21(14)30)13-33-24-28-22-20(17-8-4-5-9-18(17)34-22)23(32)29(24)16-6-2-1-3-7-16/h1-3,6-7,10,12,26H,4-5,8-9,13H2. The lowest BCUT2D eigenvalue weighted by Crippen LogP contribution is -2.22. The SMILES string of the molecule is N#Cc1c[nH]n2c(=O)cc(CSc3nc4sc5c(c4c(=O)n3-c3ccccc3)CCCC5)nc12. The number of hydrogen-bond acceptors (Lipinski definition) is 7. The molecule has 0 bridgehead atoms. The summed E-state index contributed by atoms with van der Waals surface area (Å²) in [6.45, 7) is 0. The van der Waals surface area contributed by atoms with Gasteiger partial charge in [0.2, 0.25) is 0 Å². The normalized spacial score (nSPS) is 13.3. The number of nitriles is 1. The van der Waals surface area contributed by atoms with Crippen LogP contribution in [0, 0.1) is 11.3 Å². The molecule has 5 aromatic rings. The number of nitrogens with one attached hydrogen (secondary N) is 1. The van der Waals surface area contributed by atoms with Crippen LogP contribution in [-0.4, -0.2) is 24.1 Å². The number of benzene rings is 1. The fraction of sp³-hybridized carbons (Fsp3) is 0.208. The van der Waals surface area contributed by atoms with E-state index in [-0.39, 0.29) is 11.1 Å². The van der Waals surface area contributed by atoms with E-state index in [1.807, 2.05) is 36.4 Å². The fourth-order valence-corrected chi connectivity index (χ4v) is 6.62. The van der Waals surface area contributed by atoms with Crippen LogP contribution in [0.1, 0.15) is 34.5 Å². The number of nitrogens with zero attached hydrogens (tertiary/aromatic N) is 5. The van der Waals surface area contributed by atoms with E-state index in [2.05, 4.69) is 10.1 Å². The Hall–Kier alpha value is -3.68. The number of para-hydroxylation sites is 1. The Bertz CT molecular complexity index is 1720. The highest BCUT2D eigenvalue weighted by Gasteiger charge is 2.23. The van der Waals surface area contributed by atoms with Crippen molar-refractivity contribution in [1.29, 1.82) is 5.26 Å². The molecule has 1 N–H and O–H groups in total. The molecule has 0 fully saturated rings. The van der Waals surface area contributed by atoms with Gasteiger partial charge in [0.25, 0.3) is 11.1 Å². The summed E-state index contributed by atoms with van der Waals surface area (Å²) in [4.78, 5) is 37.7. The lowest BCUT2D eigenvalue weighted by molar-refractivity contribution is 0.699. The highest BCUT2D eigenvalue weighted by atomic mass is 32.2. The topological polar surface area (TPSA) is 109 Å². The van der Waals surface area contributed by atoms with Crippen molar-refractivity contribution < 1.29 is 0 Å². The van der Waals surface area contributed by atoms with E-state index in [1.165, 1.54) is 33.4 Å². The van der Waals surface area contributed by atoms with Crippen LogP contribution in [0.3, 0.4) is 0 Å². The first-order valence-corrected chi connectivity index (χ1v) is 12.7. The summed E-state index contributed by atoms with van der Waals surface area (Å²) >= 11 is 2.98. The summed E-state index contributed by atoms with van der Waals surface area (Å²) in [7, 11) is 0. The number of rotatable bonds is 4. The number of aromatic nitrogens is 5. The molecule has 8 nitrogen and oxygen atoms in total. The van der Waals surface area contributed by atoms with Crippen molar-refractivity contribution in [3.05, 3.63) is 85.0 Å². The number of thioether (sulfide) groups is 1. The van der Waals surface area contributed by atoms with Gasteiger partial charge in [0.15, 0.2) is 10.8 Å². The number of hydrogen-bond donors (Lipinski definition) is 1. The van der Waals surface area contributed by atoms with Crippen LogP contribution >= 0.6 is 23.1 Å². The molecule has 0 saturated carbocycles. The van der Waals surface area contributed by atoms with Gasteiger partial charge in [0.05, 0.1) is 16.8 Å². The molecule has 0 atom stereocenters. The zero-order valence-electron chi connectivity index (χ0n) is 17.9. The fourth-order valence-electron chi connectivity index (χ4n) is 4.41. The maximum absolute atomic E-state index is 13.8. The summed E-state index contributed by atoms with van der Waals surface area (Å²) in [5, 5.41) is 13.3. The molecule has 4 aromatic heterocycles. The Morgan fingerprint density at radius 1 is 1.15 bits per heavy atom. The summed E-state index contributed by atoms with van der Waals surface area (Å²) in [5.74, 6) is 0.331. The van der Waals surface area contributed by atoms with E-state index in [0.717, 1.165) is 47.2 Å². The van der Waals surface area contributed by atoms with Crippen molar-refractivity contribution in [2.45, 2.75) is 36.6 Å². The molecular weight excluding hydrogens is 468 g/mol. The Labute approximate surface area is 201 Å². The van der Waals surface area contributed by atoms with E-state index in [1.54, 1.807) is 15.9 Å². The third kappa shape index (κ3) is 3.36. The monoisotopic (exact) mass is 486 g/mol. The molecule has 0 radical (unpaired) electrons. The molecule has 0 spiro atoms. The average molecular weight is 487 g/mol. The molecule has 168 valence electrons. The van der Waals surface area contributed by atoms with Crippen molar-refractivity contribution in [2.75, 3.05) is 0 Å². The lowest BCUT2D eigenvalue weighted by Gasteiger charge is -2.13. The lowest BCUT2D eigenvalue weighted by atomic mass is 9.97. The van der Waals surface area contributed by atoms with E-state index in [4.69, 9.17) is 4.98 Å². The summed E-state index contributed by atoms with van der Waals surface area (Å²) in [5.41, 5.74) is 2.67. The van der Waals surface area contributed by atoms with Crippen LogP contribution < -0.4 is 11.1 Å².